The van der Waals surface area contributed by atoms with Crippen LogP contribution in [0.25, 0.3) is 0 Å². The molecule has 2 aliphatic carbocycles. The lowest BCUT2D eigenvalue weighted by molar-refractivity contribution is -0.0255. The molecule has 0 radical (unpaired) electrons. The number of carbonyl (C=O) groups is 1. The third kappa shape index (κ3) is 1.01. The zero-order chi connectivity index (χ0) is 10.6. The van der Waals surface area contributed by atoms with Gasteiger partial charge in [0.15, 0.2) is 0 Å². The standard InChI is InChI=1S/C11H18O3/c1-10(2)7-4-5-11(10,3)8(6-7)14-9(12)13/h7-8H,4-6H2,1-3H3,(H,12,13)/t7-,8+,11+/m0/s1. The Hall–Kier alpha value is -0.730. The van der Waals surface area contributed by atoms with E-state index in [9.17, 15) is 4.79 Å². The summed E-state index contributed by atoms with van der Waals surface area (Å²) in [5, 5.41) is 8.66. The summed E-state index contributed by atoms with van der Waals surface area (Å²) in [7, 11) is 0. The van der Waals surface area contributed by atoms with Crippen LogP contribution in [0.4, 0.5) is 4.79 Å². The van der Waals surface area contributed by atoms with Crippen molar-refractivity contribution in [2.75, 3.05) is 0 Å². The van der Waals surface area contributed by atoms with Gasteiger partial charge in [-0.25, -0.2) is 4.79 Å². The van der Waals surface area contributed by atoms with Gasteiger partial charge in [0.05, 0.1) is 0 Å². The highest BCUT2D eigenvalue weighted by Gasteiger charge is 2.62. The number of fused-ring (bicyclic) bond motifs is 2. The molecule has 3 atom stereocenters. The molecule has 2 rings (SSSR count). The maximum atomic E-state index is 10.6. The first-order chi connectivity index (χ1) is 6.38. The number of rotatable bonds is 1. The van der Waals surface area contributed by atoms with Crippen LogP contribution in [0.5, 0.6) is 0 Å². The van der Waals surface area contributed by atoms with Crippen molar-refractivity contribution in [2.45, 2.75) is 46.1 Å². The average molecular weight is 198 g/mol. The van der Waals surface area contributed by atoms with Gasteiger partial charge in [0.1, 0.15) is 6.10 Å². The summed E-state index contributed by atoms with van der Waals surface area (Å²) >= 11 is 0. The fraction of sp³-hybridized carbons (Fsp3) is 0.909. The molecule has 0 amide bonds. The highest BCUT2D eigenvalue weighted by atomic mass is 16.7. The lowest BCUT2D eigenvalue weighted by atomic mass is 9.70. The summed E-state index contributed by atoms with van der Waals surface area (Å²) in [6.45, 7) is 6.67. The van der Waals surface area contributed by atoms with Crippen LogP contribution in [0.1, 0.15) is 40.0 Å². The molecule has 0 spiro atoms. The van der Waals surface area contributed by atoms with E-state index < -0.39 is 6.16 Å². The fourth-order valence-corrected chi connectivity index (χ4v) is 3.43. The second-order valence-corrected chi connectivity index (χ2v) is 5.48. The second-order valence-electron chi connectivity index (χ2n) is 5.48. The second kappa shape index (κ2) is 2.65. The number of carboxylic acid groups (broad SMARTS) is 1. The predicted molar refractivity (Wildman–Crippen MR) is 52.1 cm³/mol. The van der Waals surface area contributed by atoms with Crippen molar-refractivity contribution in [1.29, 1.82) is 0 Å². The van der Waals surface area contributed by atoms with Crippen molar-refractivity contribution in [3.63, 3.8) is 0 Å². The van der Waals surface area contributed by atoms with Crippen molar-refractivity contribution < 1.29 is 14.6 Å². The molecule has 1 N–H and O–H groups in total. The fourth-order valence-electron chi connectivity index (χ4n) is 3.43. The summed E-state index contributed by atoms with van der Waals surface area (Å²) in [6, 6.07) is 0. The molecule has 2 fully saturated rings. The number of hydrogen-bond acceptors (Lipinski definition) is 2. The zero-order valence-electron chi connectivity index (χ0n) is 9.04. The van der Waals surface area contributed by atoms with Crippen molar-refractivity contribution in [3.8, 4) is 0 Å². The Morgan fingerprint density at radius 2 is 2.07 bits per heavy atom. The molecule has 0 saturated heterocycles. The molecule has 3 nitrogen and oxygen atoms in total. The van der Waals surface area contributed by atoms with Crippen molar-refractivity contribution in [3.05, 3.63) is 0 Å². The molecule has 14 heavy (non-hydrogen) atoms. The van der Waals surface area contributed by atoms with Crippen LogP contribution in [0.3, 0.4) is 0 Å². The van der Waals surface area contributed by atoms with E-state index in [0.29, 0.717) is 5.92 Å². The van der Waals surface area contributed by atoms with Gasteiger partial charge in [0.25, 0.3) is 0 Å². The molecular formula is C11H18O3. The maximum Gasteiger partial charge on any atom is 0.506 e. The van der Waals surface area contributed by atoms with E-state index in [1.54, 1.807) is 0 Å². The zero-order valence-corrected chi connectivity index (χ0v) is 9.04. The first-order valence-corrected chi connectivity index (χ1v) is 5.27. The van der Waals surface area contributed by atoms with E-state index in [1.165, 1.54) is 6.42 Å². The molecule has 0 aromatic heterocycles. The van der Waals surface area contributed by atoms with E-state index in [-0.39, 0.29) is 16.9 Å². The summed E-state index contributed by atoms with van der Waals surface area (Å²) < 4.78 is 5.00. The summed E-state index contributed by atoms with van der Waals surface area (Å²) in [5.74, 6) is 0.636. The lowest BCUT2D eigenvalue weighted by Crippen LogP contribution is -2.38. The van der Waals surface area contributed by atoms with E-state index in [4.69, 9.17) is 9.84 Å². The van der Waals surface area contributed by atoms with E-state index in [0.717, 1.165) is 12.8 Å². The van der Waals surface area contributed by atoms with Crippen LogP contribution < -0.4 is 0 Å². The molecule has 3 heteroatoms. The Kier molecular flexibility index (Phi) is 1.85. The molecule has 0 unspecified atom stereocenters. The van der Waals surface area contributed by atoms with Gasteiger partial charge in [-0.3, -0.25) is 0 Å². The van der Waals surface area contributed by atoms with Gasteiger partial charge in [-0.2, -0.15) is 0 Å². The van der Waals surface area contributed by atoms with Gasteiger partial charge in [0.2, 0.25) is 0 Å². The third-order valence-corrected chi connectivity index (χ3v) is 4.96. The van der Waals surface area contributed by atoms with Crippen molar-refractivity contribution >= 4 is 6.16 Å². The Morgan fingerprint density at radius 3 is 2.43 bits per heavy atom. The number of hydrogen-bond donors (Lipinski definition) is 1. The Morgan fingerprint density at radius 1 is 1.43 bits per heavy atom. The van der Waals surface area contributed by atoms with Gasteiger partial charge in [-0.15, -0.1) is 0 Å². The molecule has 0 heterocycles. The Balaban J connectivity index is 2.23. The Labute approximate surface area is 84.4 Å². The van der Waals surface area contributed by atoms with Crippen molar-refractivity contribution in [1.82, 2.24) is 0 Å². The predicted octanol–water partition coefficient (Wildman–Crippen LogP) is 2.90. The smallest absolute Gasteiger partial charge is 0.450 e. The van der Waals surface area contributed by atoms with Crippen LogP contribution in [0.2, 0.25) is 0 Å². The minimum atomic E-state index is -1.13. The first-order valence-electron chi connectivity index (χ1n) is 5.27. The van der Waals surface area contributed by atoms with Gasteiger partial charge < -0.3 is 9.84 Å². The quantitative estimate of drug-likeness (QED) is 0.659. The number of ether oxygens (including phenoxy) is 1. The molecule has 0 aromatic rings. The van der Waals surface area contributed by atoms with Crippen LogP contribution >= 0.6 is 0 Å². The lowest BCUT2D eigenvalue weighted by Gasteiger charge is -2.37. The summed E-state index contributed by atoms with van der Waals surface area (Å²) in [5.41, 5.74) is 0.281. The largest absolute Gasteiger partial charge is 0.506 e. The molecule has 2 saturated carbocycles. The van der Waals surface area contributed by atoms with Crippen LogP contribution in [-0.2, 0) is 4.74 Å². The maximum absolute atomic E-state index is 10.6. The minimum Gasteiger partial charge on any atom is -0.450 e. The molecule has 0 aliphatic heterocycles. The van der Waals surface area contributed by atoms with Gasteiger partial charge in [0, 0.05) is 5.41 Å². The molecule has 80 valence electrons. The first kappa shape index (κ1) is 9.81. The van der Waals surface area contributed by atoms with E-state index >= 15 is 0 Å². The van der Waals surface area contributed by atoms with Crippen LogP contribution in [0, 0.1) is 16.7 Å². The highest BCUT2D eigenvalue weighted by Crippen LogP contribution is 2.66. The molecule has 2 bridgehead atoms. The van der Waals surface area contributed by atoms with Gasteiger partial charge in [-0.05, 0) is 30.6 Å². The van der Waals surface area contributed by atoms with Gasteiger partial charge in [-0.1, -0.05) is 20.8 Å². The molecule has 2 aliphatic rings. The van der Waals surface area contributed by atoms with Crippen LogP contribution in [0.15, 0.2) is 0 Å². The SMILES string of the molecule is CC1(C)[C@H]2CC[C@]1(C)[C@H](OC(=O)O)C2. The van der Waals surface area contributed by atoms with E-state index in [2.05, 4.69) is 20.8 Å². The third-order valence-electron chi connectivity index (χ3n) is 4.96. The monoisotopic (exact) mass is 198 g/mol. The van der Waals surface area contributed by atoms with Gasteiger partial charge >= 0.3 is 6.16 Å². The minimum absolute atomic E-state index is 0.0516. The summed E-state index contributed by atoms with van der Waals surface area (Å²) in [4.78, 5) is 10.6. The topological polar surface area (TPSA) is 46.5 Å². The summed E-state index contributed by atoms with van der Waals surface area (Å²) in [6.07, 6.45) is 2.02. The van der Waals surface area contributed by atoms with Crippen LogP contribution in [-0.4, -0.2) is 17.4 Å². The highest BCUT2D eigenvalue weighted by molar-refractivity contribution is 5.57. The van der Waals surface area contributed by atoms with E-state index in [1.807, 2.05) is 0 Å². The normalized spacial score (nSPS) is 43.9. The Bertz CT molecular complexity index is 272. The average Bonchev–Trinajstić information content (AvgIpc) is 2.35. The van der Waals surface area contributed by atoms with Crippen molar-refractivity contribution in [2.24, 2.45) is 16.7 Å². The molecule has 0 aromatic carbocycles. The molecular weight excluding hydrogens is 180 g/mol.